The first kappa shape index (κ1) is 15.2. The zero-order valence-corrected chi connectivity index (χ0v) is 12.0. The number of carbonyl (C=O) groups is 1. The van der Waals surface area contributed by atoms with Crippen molar-refractivity contribution in [2.75, 3.05) is 13.7 Å². The number of thiocarbonyl (C=S) groups is 1. The highest BCUT2D eigenvalue weighted by molar-refractivity contribution is 7.80. The summed E-state index contributed by atoms with van der Waals surface area (Å²) in [7, 11) is 1.52. The first-order valence-electron chi connectivity index (χ1n) is 5.91. The van der Waals surface area contributed by atoms with Gasteiger partial charge < -0.3 is 20.5 Å². The molecule has 1 amide bonds. The molecule has 1 atom stereocenters. The van der Waals surface area contributed by atoms with Gasteiger partial charge in [0.25, 0.3) is 5.91 Å². The average molecular weight is 282 g/mol. The van der Waals surface area contributed by atoms with Crippen molar-refractivity contribution in [2.24, 2.45) is 5.73 Å². The molecule has 0 aliphatic heterocycles. The van der Waals surface area contributed by atoms with Crippen LogP contribution < -0.4 is 20.5 Å². The lowest BCUT2D eigenvalue weighted by molar-refractivity contribution is -0.127. The molecule has 19 heavy (non-hydrogen) atoms. The number of carbonyl (C=O) groups excluding carboxylic acids is 1. The Morgan fingerprint density at radius 1 is 1.47 bits per heavy atom. The summed E-state index contributed by atoms with van der Waals surface area (Å²) in [5.41, 5.74) is 6.23. The predicted octanol–water partition coefficient (Wildman–Crippen LogP) is 1.23. The summed E-state index contributed by atoms with van der Waals surface area (Å²) in [6.07, 6.45) is -0.607. The van der Waals surface area contributed by atoms with E-state index in [4.69, 9.17) is 27.4 Å². The van der Waals surface area contributed by atoms with E-state index < -0.39 is 6.10 Å². The maximum atomic E-state index is 11.6. The van der Waals surface area contributed by atoms with E-state index in [0.29, 0.717) is 23.6 Å². The van der Waals surface area contributed by atoms with Crippen molar-refractivity contribution in [3.05, 3.63) is 23.8 Å². The number of hydrogen-bond acceptors (Lipinski definition) is 4. The van der Waals surface area contributed by atoms with Gasteiger partial charge in [-0.2, -0.15) is 0 Å². The van der Waals surface area contributed by atoms with Crippen molar-refractivity contribution < 1.29 is 14.3 Å². The van der Waals surface area contributed by atoms with Gasteiger partial charge in [-0.1, -0.05) is 12.2 Å². The van der Waals surface area contributed by atoms with Crippen molar-refractivity contribution in [3.63, 3.8) is 0 Å². The molecule has 0 spiro atoms. The number of amides is 1. The van der Waals surface area contributed by atoms with Gasteiger partial charge in [0, 0.05) is 12.1 Å². The van der Waals surface area contributed by atoms with E-state index in [0.717, 1.165) is 0 Å². The first-order chi connectivity index (χ1) is 8.99. The Morgan fingerprint density at radius 3 is 2.68 bits per heavy atom. The van der Waals surface area contributed by atoms with Crippen molar-refractivity contribution in [2.45, 2.75) is 20.0 Å². The molecule has 0 aliphatic carbocycles. The van der Waals surface area contributed by atoms with Gasteiger partial charge in [0.2, 0.25) is 0 Å². The molecular formula is C13H18N2O3S. The summed E-state index contributed by atoms with van der Waals surface area (Å²) in [5, 5.41) is 2.69. The van der Waals surface area contributed by atoms with Crippen LogP contribution in [0.15, 0.2) is 18.2 Å². The van der Waals surface area contributed by atoms with E-state index in [-0.39, 0.29) is 10.9 Å². The standard InChI is InChI=1S/C13H18N2O3S/c1-4-15-13(16)8(2)18-10-6-5-9(12(14)19)7-11(10)17-3/h5-8H,4H2,1-3H3,(H2,14,19)(H,15,16). The van der Waals surface area contributed by atoms with Crippen LogP contribution in [0.1, 0.15) is 19.4 Å². The minimum atomic E-state index is -0.607. The smallest absolute Gasteiger partial charge is 0.260 e. The quantitative estimate of drug-likeness (QED) is 0.768. The number of hydrogen-bond donors (Lipinski definition) is 2. The Kier molecular flexibility index (Phi) is 5.57. The Morgan fingerprint density at radius 2 is 2.16 bits per heavy atom. The van der Waals surface area contributed by atoms with Crippen LogP contribution >= 0.6 is 12.2 Å². The maximum absolute atomic E-state index is 11.6. The second-order valence-electron chi connectivity index (χ2n) is 3.88. The van der Waals surface area contributed by atoms with E-state index in [1.54, 1.807) is 25.1 Å². The first-order valence-corrected chi connectivity index (χ1v) is 6.32. The Hall–Kier alpha value is -1.82. The Balaban J connectivity index is 2.89. The van der Waals surface area contributed by atoms with E-state index in [1.807, 2.05) is 6.92 Å². The summed E-state index contributed by atoms with van der Waals surface area (Å²) in [6.45, 7) is 4.08. The third kappa shape index (κ3) is 4.10. The van der Waals surface area contributed by atoms with Crippen LogP contribution in [-0.4, -0.2) is 30.7 Å². The predicted molar refractivity (Wildman–Crippen MR) is 77.7 cm³/mol. The van der Waals surface area contributed by atoms with Crippen LogP contribution in [0.2, 0.25) is 0 Å². The molecule has 0 bridgehead atoms. The van der Waals surface area contributed by atoms with E-state index in [1.165, 1.54) is 7.11 Å². The molecular weight excluding hydrogens is 264 g/mol. The summed E-state index contributed by atoms with van der Waals surface area (Å²) < 4.78 is 10.8. The largest absolute Gasteiger partial charge is 0.493 e. The number of benzene rings is 1. The second kappa shape index (κ2) is 6.94. The highest BCUT2D eigenvalue weighted by Crippen LogP contribution is 2.28. The molecule has 1 rings (SSSR count). The Bertz CT molecular complexity index is 477. The highest BCUT2D eigenvalue weighted by Gasteiger charge is 2.16. The molecule has 0 aromatic heterocycles. The number of nitrogens with one attached hydrogen (secondary N) is 1. The van der Waals surface area contributed by atoms with Gasteiger partial charge in [0.15, 0.2) is 17.6 Å². The zero-order valence-electron chi connectivity index (χ0n) is 11.2. The lowest BCUT2D eigenvalue weighted by atomic mass is 10.2. The van der Waals surface area contributed by atoms with Gasteiger partial charge in [0.1, 0.15) is 4.99 Å². The van der Waals surface area contributed by atoms with Crippen molar-refractivity contribution in [1.29, 1.82) is 0 Å². The number of ether oxygens (including phenoxy) is 2. The SMILES string of the molecule is CCNC(=O)C(C)Oc1ccc(C(N)=S)cc1OC. The molecule has 1 unspecified atom stereocenters. The van der Waals surface area contributed by atoms with Crippen LogP contribution in [0.25, 0.3) is 0 Å². The van der Waals surface area contributed by atoms with Gasteiger partial charge in [-0.15, -0.1) is 0 Å². The van der Waals surface area contributed by atoms with Gasteiger partial charge in [-0.25, -0.2) is 0 Å². The van der Waals surface area contributed by atoms with Gasteiger partial charge in [0.05, 0.1) is 7.11 Å². The zero-order chi connectivity index (χ0) is 14.4. The molecule has 1 aromatic carbocycles. The summed E-state index contributed by atoms with van der Waals surface area (Å²) in [5.74, 6) is 0.783. The molecule has 6 heteroatoms. The normalized spacial score (nSPS) is 11.5. The second-order valence-corrected chi connectivity index (χ2v) is 4.32. The van der Waals surface area contributed by atoms with Gasteiger partial charge in [-0.3, -0.25) is 4.79 Å². The molecule has 0 saturated heterocycles. The van der Waals surface area contributed by atoms with Crippen LogP contribution in [-0.2, 0) is 4.79 Å². The van der Waals surface area contributed by atoms with E-state index >= 15 is 0 Å². The third-order valence-corrected chi connectivity index (χ3v) is 2.71. The van der Waals surface area contributed by atoms with Gasteiger partial charge >= 0.3 is 0 Å². The lowest BCUT2D eigenvalue weighted by Crippen LogP contribution is -2.36. The Labute approximate surface area is 118 Å². The average Bonchev–Trinajstić information content (AvgIpc) is 2.39. The number of rotatable bonds is 6. The molecule has 0 saturated carbocycles. The van der Waals surface area contributed by atoms with Crippen LogP contribution in [0.4, 0.5) is 0 Å². The van der Waals surface area contributed by atoms with Crippen molar-refractivity contribution in [3.8, 4) is 11.5 Å². The molecule has 3 N–H and O–H groups in total. The van der Waals surface area contributed by atoms with Crippen LogP contribution in [0, 0.1) is 0 Å². The summed E-state index contributed by atoms with van der Waals surface area (Å²) >= 11 is 4.89. The number of nitrogens with two attached hydrogens (primary N) is 1. The summed E-state index contributed by atoms with van der Waals surface area (Å²) in [6, 6.07) is 5.09. The third-order valence-electron chi connectivity index (χ3n) is 2.47. The van der Waals surface area contributed by atoms with Crippen LogP contribution in [0.3, 0.4) is 0 Å². The molecule has 0 heterocycles. The van der Waals surface area contributed by atoms with Gasteiger partial charge in [-0.05, 0) is 32.0 Å². The fraction of sp³-hybridized carbons (Fsp3) is 0.385. The molecule has 0 aliphatic rings. The monoisotopic (exact) mass is 282 g/mol. The molecule has 0 radical (unpaired) electrons. The molecule has 1 aromatic rings. The molecule has 5 nitrogen and oxygen atoms in total. The fourth-order valence-corrected chi connectivity index (χ4v) is 1.61. The van der Waals surface area contributed by atoms with Crippen molar-refractivity contribution in [1.82, 2.24) is 5.32 Å². The molecule has 104 valence electrons. The topological polar surface area (TPSA) is 73.6 Å². The van der Waals surface area contributed by atoms with E-state index in [9.17, 15) is 4.79 Å². The minimum Gasteiger partial charge on any atom is -0.493 e. The summed E-state index contributed by atoms with van der Waals surface area (Å²) in [4.78, 5) is 11.9. The lowest BCUT2D eigenvalue weighted by Gasteiger charge is -2.16. The number of likely N-dealkylation sites (N-methyl/N-ethyl adjacent to an activating group) is 1. The van der Waals surface area contributed by atoms with Crippen LogP contribution in [0.5, 0.6) is 11.5 Å². The minimum absolute atomic E-state index is 0.178. The maximum Gasteiger partial charge on any atom is 0.260 e. The number of methoxy groups -OCH3 is 1. The molecule has 0 fully saturated rings. The highest BCUT2D eigenvalue weighted by atomic mass is 32.1. The van der Waals surface area contributed by atoms with Crippen molar-refractivity contribution >= 4 is 23.1 Å². The fourth-order valence-electron chi connectivity index (χ4n) is 1.48. The van der Waals surface area contributed by atoms with E-state index in [2.05, 4.69) is 5.32 Å².